The van der Waals surface area contributed by atoms with Crippen LogP contribution in [-0.4, -0.2) is 56.9 Å². The van der Waals surface area contributed by atoms with Gasteiger partial charge in [0.15, 0.2) is 0 Å². The first-order valence-electron chi connectivity index (χ1n) is 14.1. The van der Waals surface area contributed by atoms with Crippen LogP contribution in [0.2, 0.25) is 0 Å². The Kier molecular flexibility index (Phi) is 7.80. The fourth-order valence-electron chi connectivity index (χ4n) is 5.74. The highest BCUT2D eigenvalue weighted by Gasteiger charge is 2.45. The van der Waals surface area contributed by atoms with E-state index in [-0.39, 0.29) is 0 Å². The fraction of sp³-hybridized carbons (Fsp3) is 0.294. The monoisotopic (exact) mass is 584 g/mol. The Labute approximate surface area is 248 Å². The lowest BCUT2D eigenvalue weighted by molar-refractivity contribution is -0.0988. The summed E-state index contributed by atoms with van der Waals surface area (Å²) in [5.41, 5.74) is 1.09. The summed E-state index contributed by atoms with van der Waals surface area (Å²) in [5.74, 6) is 0. The molecule has 6 aromatic rings. The van der Waals surface area contributed by atoms with Crippen LogP contribution in [0.25, 0.3) is 42.8 Å². The van der Waals surface area contributed by atoms with E-state index in [1.54, 1.807) is 25.2 Å². The number of fused-ring (bicyclic) bond motifs is 5. The summed E-state index contributed by atoms with van der Waals surface area (Å²) in [6.07, 6.45) is -2.81. The number of nitrogens with one attached hydrogen (secondary N) is 2. The number of thiophene rings is 1. The molecule has 0 aliphatic heterocycles. The molecule has 7 nitrogen and oxygen atoms in total. The number of rotatable bonds is 11. The second kappa shape index (κ2) is 11.4. The van der Waals surface area contributed by atoms with Gasteiger partial charge in [-0.1, -0.05) is 48.5 Å². The van der Waals surface area contributed by atoms with E-state index in [2.05, 4.69) is 40.3 Å². The minimum Gasteiger partial charge on any atom is -0.456 e. The molecule has 6 N–H and O–H groups in total. The topological polar surface area (TPSA) is 118 Å². The Morgan fingerprint density at radius 1 is 0.714 bits per heavy atom. The van der Waals surface area contributed by atoms with Gasteiger partial charge in [0.05, 0.1) is 24.3 Å². The number of aliphatic hydroxyl groups excluding tert-OH is 4. The number of benzene rings is 4. The first-order chi connectivity index (χ1) is 20.3. The van der Waals surface area contributed by atoms with Crippen molar-refractivity contribution < 1.29 is 24.8 Å². The van der Waals surface area contributed by atoms with Gasteiger partial charge in [-0.15, -0.1) is 11.3 Å². The number of hydrogen-bond acceptors (Lipinski definition) is 8. The molecule has 0 saturated heterocycles. The van der Waals surface area contributed by atoms with Crippen LogP contribution in [0.3, 0.4) is 0 Å². The molecule has 2 aromatic heterocycles. The van der Waals surface area contributed by atoms with Crippen molar-refractivity contribution in [2.24, 2.45) is 0 Å². The molecule has 0 aliphatic carbocycles. The molecule has 0 radical (unpaired) electrons. The van der Waals surface area contributed by atoms with Gasteiger partial charge in [0.25, 0.3) is 0 Å². The molecule has 2 heterocycles. The minimum absolute atomic E-state index is 0.339. The van der Waals surface area contributed by atoms with Crippen molar-refractivity contribution in [2.45, 2.75) is 50.2 Å². The molecule has 4 unspecified atom stereocenters. The van der Waals surface area contributed by atoms with Crippen LogP contribution in [0.15, 0.2) is 88.7 Å². The molecule has 0 bridgehead atoms. The SMILES string of the molecule is CC(CO)(NCc1ccc2oc3ccccc3c2c1)C(O)C(O)C(C)(CO)NCc1c2ccccc2cc2sccc12. The Bertz CT molecular complexity index is 1870. The quantitative estimate of drug-likeness (QED) is 0.126. The van der Waals surface area contributed by atoms with Crippen molar-refractivity contribution in [3.05, 3.63) is 95.4 Å². The number of aliphatic hydroxyl groups is 4. The van der Waals surface area contributed by atoms with Gasteiger partial charge in [-0.2, -0.15) is 0 Å². The van der Waals surface area contributed by atoms with Crippen molar-refractivity contribution in [1.29, 1.82) is 0 Å². The van der Waals surface area contributed by atoms with Gasteiger partial charge in [0, 0.05) is 28.6 Å². The van der Waals surface area contributed by atoms with Crippen LogP contribution in [0.5, 0.6) is 0 Å². The predicted octanol–water partition coefficient (Wildman–Crippen LogP) is 5.06. The zero-order chi connectivity index (χ0) is 29.5. The first-order valence-corrected chi connectivity index (χ1v) is 15.0. The second-order valence-corrected chi connectivity index (χ2v) is 12.5. The highest BCUT2D eigenvalue weighted by molar-refractivity contribution is 7.17. The van der Waals surface area contributed by atoms with Crippen molar-refractivity contribution in [2.75, 3.05) is 13.2 Å². The van der Waals surface area contributed by atoms with Crippen LogP contribution in [0, 0.1) is 0 Å². The largest absolute Gasteiger partial charge is 0.456 e. The summed E-state index contributed by atoms with van der Waals surface area (Å²) in [4.78, 5) is 0. The highest BCUT2D eigenvalue weighted by atomic mass is 32.1. The minimum atomic E-state index is -1.40. The number of para-hydroxylation sites is 1. The Balaban J connectivity index is 1.21. The zero-order valence-corrected chi connectivity index (χ0v) is 24.5. The lowest BCUT2D eigenvalue weighted by atomic mass is 9.81. The van der Waals surface area contributed by atoms with E-state index >= 15 is 0 Å². The normalized spacial score (nSPS) is 16.6. The van der Waals surface area contributed by atoms with Crippen LogP contribution in [0.1, 0.15) is 25.0 Å². The molecule has 4 atom stereocenters. The van der Waals surface area contributed by atoms with Crippen LogP contribution < -0.4 is 10.6 Å². The van der Waals surface area contributed by atoms with Gasteiger partial charge in [-0.3, -0.25) is 0 Å². The summed E-state index contributed by atoms with van der Waals surface area (Å²) in [6, 6.07) is 26.2. The van der Waals surface area contributed by atoms with E-state index in [0.717, 1.165) is 53.9 Å². The third-order valence-electron chi connectivity index (χ3n) is 8.66. The first kappa shape index (κ1) is 28.8. The summed E-state index contributed by atoms with van der Waals surface area (Å²) in [5, 5.41) is 57.7. The van der Waals surface area contributed by atoms with Crippen LogP contribution in [0.4, 0.5) is 0 Å². The van der Waals surface area contributed by atoms with Crippen LogP contribution in [-0.2, 0) is 13.1 Å². The molecule has 0 aliphatic rings. The lowest BCUT2D eigenvalue weighted by Gasteiger charge is -2.43. The number of hydrogen-bond donors (Lipinski definition) is 6. The van der Waals surface area contributed by atoms with E-state index in [9.17, 15) is 20.4 Å². The van der Waals surface area contributed by atoms with Crippen molar-refractivity contribution >= 4 is 54.1 Å². The predicted molar refractivity (Wildman–Crippen MR) is 170 cm³/mol. The molecule has 0 spiro atoms. The fourth-order valence-corrected chi connectivity index (χ4v) is 6.60. The maximum atomic E-state index is 11.5. The average Bonchev–Trinajstić information content (AvgIpc) is 3.65. The molecule has 8 heteroatoms. The summed E-state index contributed by atoms with van der Waals surface area (Å²) in [7, 11) is 0. The van der Waals surface area contributed by atoms with Crippen molar-refractivity contribution in [3.63, 3.8) is 0 Å². The molecular formula is C34H36N2O5S. The third-order valence-corrected chi connectivity index (χ3v) is 9.52. The van der Waals surface area contributed by atoms with E-state index in [1.807, 2.05) is 54.6 Å². The standard InChI is InChI=1S/C34H36N2O5S/c1-33(19-37,35-17-21-11-12-29-26(15-21)24-9-5-6-10-28(24)41-29)31(39)32(40)34(2,20-38)36-18-27-23-8-4-3-7-22(23)16-30-25(27)13-14-42-30/h3-16,31-32,35-40H,17-20H2,1-2H3. The molecular weight excluding hydrogens is 548 g/mol. The summed E-state index contributed by atoms with van der Waals surface area (Å²) < 4.78 is 7.09. The van der Waals surface area contributed by atoms with Crippen molar-refractivity contribution in [3.8, 4) is 0 Å². The molecule has 0 amide bonds. The van der Waals surface area contributed by atoms with Gasteiger partial charge < -0.3 is 35.5 Å². The second-order valence-electron chi connectivity index (χ2n) is 11.6. The molecule has 218 valence electrons. The van der Waals surface area contributed by atoms with Gasteiger partial charge in [-0.05, 0) is 76.8 Å². The maximum absolute atomic E-state index is 11.5. The molecule has 6 rings (SSSR count). The van der Waals surface area contributed by atoms with Crippen LogP contribution >= 0.6 is 11.3 Å². The lowest BCUT2D eigenvalue weighted by Crippen LogP contribution is -2.67. The maximum Gasteiger partial charge on any atom is 0.135 e. The van der Waals surface area contributed by atoms with Gasteiger partial charge in [-0.25, -0.2) is 0 Å². The van der Waals surface area contributed by atoms with E-state index in [4.69, 9.17) is 4.42 Å². The smallest absolute Gasteiger partial charge is 0.135 e. The molecule has 0 fully saturated rings. The Morgan fingerprint density at radius 2 is 1.36 bits per heavy atom. The van der Waals surface area contributed by atoms with E-state index in [1.165, 1.54) is 0 Å². The molecule has 4 aromatic carbocycles. The Morgan fingerprint density at radius 3 is 2.10 bits per heavy atom. The summed E-state index contributed by atoms with van der Waals surface area (Å²) in [6.45, 7) is 3.22. The molecule has 42 heavy (non-hydrogen) atoms. The Hall–Kier alpha value is -3.34. The highest BCUT2D eigenvalue weighted by Crippen LogP contribution is 2.33. The van der Waals surface area contributed by atoms with Gasteiger partial charge in [0.1, 0.15) is 23.4 Å². The zero-order valence-electron chi connectivity index (χ0n) is 23.7. The molecule has 0 saturated carbocycles. The van der Waals surface area contributed by atoms with Gasteiger partial charge >= 0.3 is 0 Å². The number of furan rings is 1. The van der Waals surface area contributed by atoms with E-state index in [0.29, 0.717) is 13.1 Å². The average molecular weight is 585 g/mol. The van der Waals surface area contributed by atoms with Gasteiger partial charge in [0.2, 0.25) is 0 Å². The third kappa shape index (κ3) is 5.09. The summed E-state index contributed by atoms with van der Waals surface area (Å²) >= 11 is 1.67. The van der Waals surface area contributed by atoms with E-state index < -0.39 is 36.5 Å². The van der Waals surface area contributed by atoms with Crippen molar-refractivity contribution in [1.82, 2.24) is 10.6 Å².